The van der Waals surface area contributed by atoms with Gasteiger partial charge < -0.3 is 24.1 Å². The molecule has 2 aromatic heterocycles. The molecule has 0 saturated heterocycles. The summed E-state index contributed by atoms with van der Waals surface area (Å²) in [5.74, 6) is -1.43. The van der Waals surface area contributed by atoms with Crippen molar-refractivity contribution in [2.75, 3.05) is 25.3 Å². The second kappa shape index (κ2) is 12.2. The molecule has 0 radical (unpaired) electrons. The zero-order valence-electron chi connectivity index (χ0n) is 19.7. The van der Waals surface area contributed by atoms with E-state index < -0.39 is 23.7 Å². The number of ether oxygens (including phenoxy) is 3. The molecule has 1 N–H and O–H groups in total. The van der Waals surface area contributed by atoms with Crippen molar-refractivity contribution >= 4 is 57.5 Å². The topological polar surface area (TPSA) is 122 Å². The molecule has 3 aromatic rings. The molecule has 0 saturated carbocycles. The van der Waals surface area contributed by atoms with E-state index in [1.54, 1.807) is 11.5 Å². The van der Waals surface area contributed by atoms with Gasteiger partial charge in [0, 0.05) is 12.6 Å². The number of anilines is 1. The molecule has 192 valence electrons. The maximum Gasteiger partial charge on any atom is 0.348 e. The van der Waals surface area contributed by atoms with E-state index in [-0.39, 0.29) is 32.8 Å². The highest BCUT2D eigenvalue weighted by molar-refractivity contribution is 7.99. The molecular weight excluding hydrogens is 535 g/mol. The quantitative estimate of drug-likeness (QED) is 0.287. The predicted molar refractivity (Wildman–Crippen MR) is 133 cm³/mol. The summed E-state index contributed by atoms with van der Waals surface area (Å²) in [5.41, 5.74) is 0.456. The van der Waals surface area contributed by atoms with E-state index in [4.69, 9.17) is 25.8 Å². The second-order valence-corrected chi connectivity index (χ2v) is 9.46. The number of esters is 2. The number of methoxy groups -OCH3 is 2. The fourth-order valence-electron chi connectivity index (χ4n) is 3.09. The van der Waals surface area contributed by atoms with Crippen LogP contribution in [0.15, 0.2) is 23.4 Å². The number of rotatable bonds is 10. The van der Waals surface area contributed by atoms with Crippen molar-refractivity contribution in [2.24, 2.45) is 0 Å². The smallest absolute Gasteiger partial charge is 0.348 e. The van der Waals surface area contributed by atoms with Gasteiger partial charge in [0.25, 0.3) is 0 Å². The van der Waals surface area contributed by atoms with E-state index in [1.165, 1.54) is 32.4 Å². The van der Waals surface area contributed by atoms with Crippen molar-refractivity contribution in [2.45, 2.75) is 32.2 Å². The summed E-state index contributed by atoms with van der Waals surface area (Å²) in [6, 6.07) is 4.02. The molecule has 0 aliphatic heterocycles. The zero-order chi connectivity index (χ0) is 26.4. The Morgan fingerprint density at radius 3 is 2.56 bits per heavy atom. The van der Waals surface area contributed by atoms with Crippen LogP contribution in [0.4, 0.5) is 9.39 Å². The first kappa shape index (κ1) is 27.4. The SMILES string of the molecule is CCn1c(COc2ccc(F)c(Cl)c2)nnc1SCC(=O)Nc1sc(C(=O)OC)c(C)c1C(=O)OC. The number of aromatic nitrogens is 3. The number of carbonyl (C=O) groups excluding carboxylic acids is 3. The molecule has 3 rings (SSSR count). The van der Waals surface area contributed by atoms with E-state index in [0.717, 1.165) is 23.1 Å². The zero-order valence-corrected chi connectivity index (χ0v) is 22.1. The first-order valence-corrected chi connectivity index (χ1v) is 12.6. The van der Waals surface area contributed by atoms with Crippen LogP contribution in [0.5, 0.6) is 5.75 Å². The number of nitrogens with one attached hydrogen (secondary N) is 1. The summed E-state index contributed by atoms with van der Waals surface area (Å²) in [5, 5.41) is 11.5. The number of halogens is 2. The second-order valence-electron chi connectivity index (χ2n) is 7.09. The van der Waals surface area contributed by atoms with Gasteiger partial charge in [-0.25, -0.2) is 14.0 Å². The van der Waals surface area contributed by atoms with E-state index >= 15 is 0 Å². The highest BCUT2D eigenvalue weighted by atomic mass is 35.5. The third-order valence-electron chi connectivity index (χ3n) is 4.86. The first-order chi connectivity index (χ1) is 17.2. The van der Waals surface area contributed by atoms with Gasteiger partial charge in [-0.05, 0) is 31.5 Å². The minimum Gasteiger partial charge on any atom is -0.486 e. The number of hydrogen-bond donors (Lipinski definition) is 1. The number of amides is 1. The Bertz CT molecular complexity index is 1300. The lowest BCUT2D eigenvalue weighted by atomic mass is 10.1. The van der Waals surface area contributed by atoms with Crippen molar-refractivity contribution in [3.63, 3.8) is 0 Å². The van der Waals surface area contributed by atoms with Crippen LogP contribution in [0.1, 0.15) is 38.3 Å². The largest absolute Gasteiger partial charge is 0.486 e. The Kier molecular flexibility index (Phi) is 9.29. The lowest BCUT2D eigenvalue weighted by Gasteiger charge is -2.09. The average Bonchev–Trinajstić information content (AvgIpc) is 3.42. The molecule has 2 heterocycles. The van der Waals surface area contributed by atoms with Crippen LogP contribution in [-0.4, -0.2) is 52.6 Å². The first-order valence-electron chi connectivity index (χ1n) is 10.4. The summed E-state index contributed by atoms with van der Waals surface area (Å²) in [6.45, 7) is 4.03. The average molecular weight is 557 g/mol. The van der Waals surface area contributed by atoms with Gasteiger partial charge in [0.1, 0.15) is 28.1 Å². The molecule has 0 spiro atoms. The van der Waals surface area contributed by atoms with Crippen LogP contribution < -0.4 is 10.1 Å². The maximum atomic E-state index is 13.3. The van der Waals surface area contributed by atoms with E-state index in [0.29, 0.717) is 28.8 Å². The van der Waals surface area contributed by atoms with E-state index in [9.17, 15) is 18.8 Å². The summed E-state index contributed by atoms with van der Waals surface area (Å²) in [4.78, 5) is 37.1. The van der Waals surface area contributed by atoms with Crippen LogP contribution in [0.25, 0.3) is 0 Å². The van der Waals surface area contributed by atoms with Crippen molar-refractivity contribution in [1.29, 1.82) is 0 Å². The Balaban J connectivity index is 1.68. The molecule has 14 heteroatoms. The molecule has 10 nitrogen and oxygen atoms in total. The maximum absolute atomic E-state index is 13.3. The highest BCUT2D eigenvalue weighted by Gasteiger charge is 2.27. The number of thioether (sulfide) groups is 1. The molecule has 0 unspecified atom stereocenters. The molecular formula is C22H22ClFN4O6S2. The number of hydrogen-bond acceptors (Lipinski definition) is 10. The standard InChI is InChI=1S/C22H22ClFN4O6S2/c1-5-28-15(9-34-12-6-7-14(24)13(23)8-12)26-27-22(28)35-10-16(29)25-19-17(20(30)32-3)11(2)18(36-19)21(31)33-4/h6-8H,5,9-10H2,1-4H3,(H,25,29). The van der Waals surface area contributed by atoms with Crippen molar-refractivity contribution in [3.05, 3.63) is 50.9 Å². The van der Waals surface area contributed by atoms with Gasteiger partial charge in [-0.1, -0.05) is 23.4 Å². The minimum absolute atomic E-state index is 0.0440. The fourth-order valence-corrected chi connectivity index (χ4v) is 5.22. The summed E-state index contributed by atoms with van der Waals surface area (Å²) < 4.78 is 30.3. The molecule has 0 bridgehead atoms. The van der Waals surface area contributed by atoms with Gasteiger partial charge in [-0.3, -0.25) is 4.79 Å². The molecule has 0 aliphatic carbocycles. The van der Waals surface area contributed by atoms with Crippen molar-refractivity contribution in [1.82, 2.24) is 14.8 Å². The van der Waals surface area contributed by atoms with Gasteiger partial charge >= 0.3 is 11.9 Å². The molecule has 1 aromatic carbocycles. The lowest BCUT2D eigenvalue weighted by Crippen LogP contribution is -2.16. The van der Waals surface area contributed by atoms with Crippen LogP contribution in [0.3, 0.4) is 0 Å². The molecule has 0 atom stereocenters. The number of nitrogens with zero attached hydrogens (tertiary/aromatic N) is 3. The van der Waals surface area contributed by atoms with Crippen LogP contribution >= 0.6 is 34.7 Å². The lowest BCUT2D eigenvalue weighted by molar-refractivity contribution is -0.113. The summed E-state index contributed by atoms with van der Waals surface area (Å²) in [6.07, 6.45) is 0. The number of benzene rings is 1. The molecule has 1 amide bonds. The Morgan fingerprint density at radius 2 is 1.92 bits per heavy atom. The predicted octanol–water partition coefficient (Wildman–Crippen LogP) is 4.34. The van der Waals surface area contributed by atoms with Gasteiger partial charge in [0.2, 0.25) is 5.91 Å². The van der Waals surface area contributed by atoms with Gasteiger partial charge in [-0.15, -0.1) is 21.5 Å². The van der Waals surface area contributed by atoms with Crippen LogP contribution in [-0.2, 0) is 27.4 Å². The van der Waals surface area contributed by atoms with Gasteiger partial charge in [-0.2, -0.15) is 0 Å². The van der Waals surface area contributed by atoms with Crippen LogP contribution in [0.2, 0.25) is 5.02 Å². The third kappa shape index (κ3) is 6.15. The number of carbonyl (C=O) groups is 3. The summed E-state index contributed by atoms with van der Waals surface area (Å²) >= 11 is 7.85. The Hall–Kier alpha value is -3.16. The van der Waals surface area contributed by atoms with E-state index in [1.807, 2.05) is 6.92 Å². The minimum atomic E-state index is -0.681. The molecule has 36 heavy (non-hydrogen) atoms. The normalized spacial score (nSPS) is 10.7. The highest BCUT2D eigenvalue weighted by Crippen LogP contribution is 2.34. The van der Waals surface area contributed by atoms with Crippen molar-refractivity contribution in [3.8, 4) is 5.75 Å². The number of thiophene rings is 1. The fraction of sp³-hybridized carbons (Fsp3) is 0.318. The van der Waals surface area contributed by atoms with Crippen molar-refractivity contribution < 1.29 is 33.0 Å². The molecule has 0 fully saturated rings. The Morgan fingerprint density at radius 1 is 1.19 bits per heavy atom. The van der Waals surface area contributed by atoms with Gasteiger partial charge in [0.05, 0.1) is 30.6 Å². The molecule has 0 aliphatic rings. The monoisotopic (exact) mass is 556 g/mol. The van der Waals surface area contributed by atoms with Crippen LogP contribution in [0, 0.1) is 12.7 Å². The van der Waals surface area contributed by atoms with Gasteiger partial charge in [0.15, 0.2) is 11.0 Å². The third-order valence-corrected chi connectivity index (χ3v) is 7.30. The Labute approximate surface area is 219 Å². The van der Waals surface area contributed by atoms with E-state index in [2.05, 4.69) is 15.5 Å². The summed E-state index contributed by atoms with van der Waals surface area (Å²) in [7, 11) is 2.44.